The molecule has 0 rings (SSSR count). The molecule has 24 heavy (non-hydrogen) atoms. The molecule has 1 unspecified atom stereocenters. The van der Waals surface area contributed by atoms with Crippen molar-refractivity contribution in [3.05, 3.63) is 12.2 Å². The number of hydrogen-bond donors (Lipinski definition) is 0. The van der Waals surface area contributed by atoms with Crippen LogP contribution in [0.2, 0.25) is 0 Å². The van der Waals surface area contributed by atoms with Gasteiger partial charge in [0.05, 0.1) is 7.11 Å². The maximum Gasteiger partial charge on any atom is 0.330 e. The highest BCUT2D eigenvalue weighted by atomic mass is 16.5. The van der Waals surface area contributed by atoms with E-state index >= 15 is 0 Å². The number of rotatable bonds is 16. The van der Waals surface area contributed by atoms with Crippen molar-refractivity contribution in [2.24, 2.45) is 0 Å². The SMILES string of the molecule is CCCCCC(OC)C(=O)CCCCCCCCC=CC(=O)OC. The van der Waals surface area contributed by atoms with E-state index < -0.39 is 0 Å². The third-order valence-corrected chi connectivity index (χ3v) is 4.21. The molecule has 0 spiro atoms. The van der Waals surface area contributed by atoms with Gasteiger partial charge in [0.25, 0.3) is 0 Å². The fourth-order valence-corrected chi connectivity index (χ4v) is 2.67. The first-order valence-corrected chi connectivity index (χ1v) is 9.45. The first-order chi connectivity index (χ1) is 11.7. The van der Waals surface area contributed by atoms with Gasteiger partial charge in [-0.25, -0.2) is 4.79 Å². The Balaban J connectivity index is 3.52. The molecule has 0 heterocycles. The fraction of sp³-hybridized carbons (Fsp3) is 0.800. The van der Waals surface area contributed by atoms with Crippen LogP contribution in [-0.4, -0.2) is 32.1 Å². The topological polar surface area (TPSA) is 52.6 Å². The van der Waals surface area contributed by atoms with Crippen molar-refractivity contribution in [2.75, 3.05) is 14.2 Å². The minimum Gasteiger partial charge on any atom is -0.466 e. The van der Waals surface area contributed by atoms with E-state index in [0.29, 0.717) is 6.42 Å². The van der Waals surface area contributed by atoms with Gasteiger partial charge >= 0.3 is 5.97 Å². The number of methoxy groups -OCH3 is 2. The lowest BCUT2D eigenvalue weighted by Crippen LogP contribution is -2.22. The van der Waals surface area contributed by atoms with E-state index in [0.717, 1.165) is 44.9 Å². The van der Waals surface area contributed by atoms with Gasteiger partial charge in [0.2, 0.25) is 0 Å². The number of esters is 1. The van der Waals surface area contributed by atoms with Crippen LogP contribution in [0.4, 0.5) is 0 Å². The zero-order valence-corrected chi connectivity index (χ0v) is 15.9. The molecule has 0 aliphatic rings. The summed E-state index contributed by atoms with van der Waals surface area (Å²) in [6.07, 6.45) is 15.7. The Labute approximate surface area is 148 Å². The van der Waals surface area contributed by atoms with Crippen LogP contribution in [-0.2, 0) is 19.1 Å². The van der Waals surface area contributed by atoms with Crippen LogP contribution in [0.3, 0.4) is 0 Å². The Morgan fingerprint density at radius 3 is 2.21 bits per heavy atom. The van der Waals surface area contributed by atoms with Gasteiger partial charge in [-0.05, 0) is 25.7 Å². The Morgan fingerprint density at radius 2 is 1.58 bits per heavy atom. The molecule has 4 heteroatoms. The molecule has 0 aromatic carbocycles. The molecule has 0 amide bonds. The lowest BCUT2D eigenvalue weighted by Gasteiger charge is -2.13. The van der Waals surface area contributed by atoms with E-state index in [1.807, 2.05) is 6.08 Å². The number of allylic oxidation sites excluding steroid dienone is 1. The molecule has 0 saturated heterocycles. The lowest BCUT2D eigenvalue weighted by atomic mass is 10.0. The van der Waals surface area contributed by atoms with Gasteiger partial charge in [0.15, 0.2) is 5.78 Å². The number of carbonyl (C=O) groups excluding carboxylic acids is 2. The second kappa shape index (κ2) is 16.7. The van der Waals surface area contributed by atoms with Crippen LogP contribution < -0.4 is 0 Å². The van der Waals surface area contributed by atoms with Crippen molar-refractivity contribution in [1.29, 1.82) is 0 Å². The second-order valence-corrected chi connectivity index (χ2v) is 6.27. The predicted octanol–water partition coefficient (Wildman–Crippen LogP) is 5.00. The lowest BCUT2D eigenvalue weighted by molar-refractivity contribution is -0.134. The van der Waals surface area contributed by atoms with Gasteiger partial charge in [-0.3, -0.25) is 4.79 Å². The quantitative estimate of drug-likeness (QED) is 0.225. The summed E-state index contributed by atoms with van der Waals surface area (Å²) >= 11 is 0. The van der Waals surface area contributed by atoms with E-state index in [4.69, 9.17) is 4.74 Å². The highest BCUT2D eigenvalue weighted by Crippen LogP contribution is 2.13. The van der Waals surface area contributed by atoms with Crippen molar-refractivity contribution >= 4 is 11.8 Å². The molecule has 0 N–H and O–H groups in total. The molecule has 0 fully saturated rings. The smallest absolute Gasteiger partial charge is 0.330 e. The summed E-state index contributed by atoms with van der Waals surface area (Å²) in [6.45, 7) is 2.17. The molecular formula is C20H36O4. The Bertz CT molecular complexity index is 350. The Kier molecular flexibility index (Phi) is 15.9. The first kappa shape index (κ1) is 22.8. The van der Waals surface area contributed by atoms with Crippen molar-refractivity contribution < 1.29 is 19.1 Å². The summed E-state index contributed by atoms with van der Waals surface area (Å²) in [4.78, 5) is 23.0. The summed E-state index contributed by atoms with van der Waals surface area (Å²) in [5, 5.41) is 0. The zero-order chi connectivity index (χ0) is 18.0. The Hall–Kier alpha value is -1.16. The van der Waals surface area contributed by atoms with Gasteiger partial charge in [-0.15, -0.1) is 0 Å². The average molecular weight is 341 g/mol. The largest absolute Gasteiger partial charge is 0.466 e. The van der Waals surface area contributed by atoms with E-state index in [1.165, 1.54) is 38.9 Å². The van der Waals surface area contributed by atoms with Crippen LogP contribution in [0, 0.1) is 0 Å². The zero-order valence-electron chi connectivity index (χ0n) is 15.9. The standard InChI is InChI=1S/C20H36O4/c1-4-5-12-16-19(23-2)18(21)15-13-10-8-6-7-9-11-14-17-20(22)24-3/h14,17,19H,4-13,15-16H2,1-3H3. The molecule has 1 atom stereocenters. The van der Waals surface area contributed by atoms with Crippen molar-refractivity contribution in [3.8, 4) is 0 Å². The minimum absolute atomic E-state index is 0.196. The van der Waals surface area contributed by atoms with E-state index in [9.17, 15) is 9.59 Å². The molecule has 0 aromatic rings. The maximum atomic E-state index is 12.1. The highest BCUT2D eigenvalue weighted by molar-refractivity contribution is 5.83. The highest BCUT2D eigenvalue weighted by Gasteiger charge is 2.16. The van der Waals surface area contributed by atoms with Gasteiger partial charge in [-0.2, -0.15) is 0 Å². The molecule has 0 saturated carbocycles. The van der Waals surface area contributed by atoms with Crippen molar-refractivity contribution in [3.63, 3.8) is 0 Å². The monoisotopic (exact) mass is 340 g/mol. The maximum absolute atomic E-state index is 12.1. The van der Waals surface area contributed by atoms with Crippen LogP contribution in [0.15, 0.2) is 12.2 Å². The van der Waals surface area contributed by atoms with Gasteiger partial charge in [0.1, 0.15) is 6.10 Å². The van der Waals surface area contributed by atoms with Gasteiger partial charge < -0.3 is 9.47 Å². The minimum atomic E-state index is -0.288. The number of ketones is 1. The van der Waals surface area contributed by atoms with Crippen molar-refractivity contribution in [1.82, 2.24) is 0 Å². The summed E-state index contributed by atoms with van der Waals surface area (Å²) in [5.74, 6) is -0.0229. The normalized spacial score (nSPS) is 12.5. The fourth-order valence-electron chi connectivity index (χ4n) is 2.67. The predicted molar refractivity (Wildman–Crippen MR) is 98.0 cm³/mol. The number of hydrogen-bond acceptors (Lipinski definition) is 4. The first-order valence-electron chi connectivity index (χ1n) is 9.45. The molecule has 0 aliphatic heterocycles. The summed E-state index contributed by atoms with van der Waals surface area (Å²) < 4.78 is 9.86. The average Bonchev–Trinajstić information content (AvgIpc) is 2.59. The van der Waals surface area contributed by atoms with Gasteiger partial charge in [0, 0.05) is 19.6 Å². The molecule has 4 nitrogen and oxygen atoms in total. The van der Waals surface area contributed by atoms with Crippen LogP contribution in [0.25, 0.3) is 0 Å². The summed E-state index contributed by atoms with van der Waals surface area (Å²) in [5.41, 5.74) is 0. The number of carbonyl (C=O) groups is 2. The van der Waals surface area contributed by atoms with E-state index in [1.54, 1.807) is 7.11 Å². The third kappa shape index (κ3) is 13.3. The molecule has 0 aliphatic carbocycles. The third-order valence-electron chi connectivity index (χ3n) is 4.21. The molecular weight excluding hydrogens is 304 g/mol. The number of ether oxygens (including phenoxy) is 2. The molecule has 0 bridgehead atoms. The van der Waals surface area contributed by atoms with E-state index in [2.05, 4.69) is 11.7 Å². The van der Waals surface area contributed by atoms with Crippen LogP contribution in [0.5, 0.6) is 0 Å². The van der Waals surface area contributed by atoms with Crippen LogP contribution >= 0.6 is 0 Å². The molecule has 0 radical (unpaired) electrons. The van der Waals surface area contributed by atoms with Crippen LogP contribution in [0.1, 0.15) is 84.0 Å². The van der Waals surface area contributed by atoms with Crippen molar-refractivity contribution in [2.45, 2.75) is 90.1 Å². The summed E-state index contributed by atoms with van der Waals surface area (Å²) in [6, 6.07) is 0. The number of Topliss-reactive ketones (excluding diaryl/α,β-unsaturated/α-hetero) is 1. The molecule has 140 valence electrons. The van der Waals surface area contributed by atoms with Gasteiger partial charge in [-0.1, -0.05) is 57.9 Å². The Morgan fingerprint density at radius 1 is 0.917 bits per heavy atom. The number of unbranched alkanes of at least 4 members (excludes halogenated alkanes) is 8. The summed E-state index contributed by atoms with van der Waals surface area (Å²) in [7, 11) is 3.03. The second-order valence-electron chi connectivity index (χ2n) is 6.27. The van der Waals surface area contributed by atoms with E-state index in [-0.39, 0.29) is 17.9 Å². The molecule has 0 aromatic heterocycles.